The van der Waals surface area contributed by atoms with E-state index < -0.39 is 0 Å². The number of aryl methyl sites for hydroxylation is 1. The van der Waals surface area contributed by atoms with Crippen LogP contribution in [-0.4, -0.2) is 20.5 Å². The van der Waals surface area contributed by atoms with Crippen LogP contribution in [0.5, 0.6) is 0 Å². The fourth-order valence-corrected chi connectivity index (χ4v) is 4.59. The molecule has 5 rings (SSSR count). The van der Waals surface area contributed by atoms with Crippen molar-refractivity contribution >= 4 is 23.1 Å². The molecule has 2 aliphatic rings. The summed E-state index contributed by atoms with van der Waals surface area (Å²) in [6.45, 7) is 2.06. The smallest absolute Gasteiger partial charge is 0.226 e. The standard InChI is InChI=1S/C20H18N4OS/c1-12-5-2-6-13(11-12)19-22-20-21-14-7-3-8-15(25)17(14)18(24(20)23-19)16-9-4-10-26-16/h2,4-6,9-11,18H,3,7-8H2,1H3,(H,21,22,23). The summed E-state index contributed by atoms with van der Waals surface area (Å²) in [5.41, 5.74) is 4.02. The summed E-state index contributed by atoms with van der Waals surface area (Å²) in [7, 11) is 0. The Labute approximate surface area is 155 Å². The Morgan fingerprint density at radius 3 is 2.96 bits per heavy atom. The Balaban J connectivity index is 1.67. The van der Waals surface area contributed by atoms with Gasteiger partial charge >= 0.3 is 0 Å². The molecule has 0 spiro atoms. The lowest BCUT2D eigenvalue weighted by atomic mass is 9.88. The first kappa shape index (κ1) is 15.5. The molecule has 0 saturated carbocycles. The molecule has 1 atom stereocenters. The normalized spacial score (nSPS) is 19.1. The molecule has 0 saturated heterocycles. The van der Waals surface area contributed by atoms with Gasteiger partial charge in [-0.2, -0.15) is 4.98 Å². The van der Waals surface area contributed by atoms with Crippen LogP contribution in [0, 0.1) is 6.92 Å². The predicted molar refractivity (Wildman–Crippen MR) is 102 cm³/mol. The molecular formula is C20H18N4OS. The Hall–Kier alpha value is -2.73. The van der Waals surface area contributed by atoms with Gasteiger partial charge in [0.1, 0.15) is 6.04 Å². The summed E-state index contributed by atoms with van der Waals surface area (Å²) in [5.74, 6) is 1.62. The number of anilines is 1. The number of rotatable bonds is 2. The first-order valence-electron chi connectivity index (χ1n) is 8.81. The van der Waals surface area contributed by atoms with E-state index in [0.29, 0.717) is 18.2 Å². The summed E-state index contributed by atoms with van der Waals surface area (Å²) in [5, 5.41) is 10.2. The first-order chi connectivity index (χ1) is 12.7. The molecule has 0 amide bonds. The second-order valence-electron chi connectivity index (χ2n) is 6.78. The van der Waals surface area contributed by atoms with E-state index >= 15 is 0 Å². The summed E-state index contributed by atoms with van der Waals surface area (Å²) < 4.78 is 1.88. The molecule has 1 unspecified atom stereocenters. The third-order valence-electron chi connectivity index (χ3n) is 4.96. The number of nitrogens with zero attached hydrogens (tertiary/aromatic N) is 3. The highest BCUT2D eigenvalue weighted by Gasteiger charge is 2.37. The molecule has 1 aromatic carbocycles. The number of carbonyl (C=O) groups excluding carboxylic acids is 1. The van der Waals surface area contributed by atoms with Crippen LogP contribution in [0.15, 0.2) is 53.0 Å². The molecule has 1 aliphatic carbocycles. The Morgan fingerprint density at radius 2 is 2.15 bits per heavy atom. The van der Waals surface area contributed by atoms with Gasteiger partial charge in [-0.3, -0.25) is 4.79 Å². The zero-order valence-electron chi connectivity index (χ0n) is 14.4. The van der Waals surface area contributed by atoms with E-state index in [4.69, 9.17) is 10.1 Å². The van der Waals surface area contributed by atoms with Gasteiger partial charge in [-0.15, -0.1) is 16.4 Å². The van der Waals surface area contributed by atoms with Gasteiger partial charge in [0.2, 0.25) is 5.95 Å². The monoisotopic (exact) mass is 362 g/mol. The Kier molecular flexibility index (Phi) is 3.53. The van der Waals surface area contributed by atoms with Crippen molar-refractivity contribution in [1.29, 1.82) is 0 Å². The maximum Gasteiger partial charge on any atom is 0.226 e. The lowest BCUT2D eigenvalue weighted by Crippen LogP contribution is -2.31. The lowest BCUT2D eigenvalue weighted by Gasteiger charge is -2.31. The van der Waals surface area contributed by atoms with Gasteiger partial charge in [-0.05, 0) is 37.3 Å². The molecule has 3 heterocycles. The third kappa shape index (κ3) is 2.41. The minimum absolute atomic E-state index is 0.180. The lowest BCUT2D eigenvalue weighted by molar-refractivity contribution is -0.116. The van der Waals surface area contributed by atoms with Crippen molar-refractivity contribution in [3.8, 4) is 11.4 Å². The molecule has 2 aromatic heterocycles. The van der Waals surface area contributed by atoms with Crippen LogP contribution in [0.1, 0.15) is 35.7 Å². The summed E-state index contributed by atoms with van der Waals surface area (Å²) in [6.07, 6.45) is 2.38. The van der Waals surface area contributed by atoms with Crippen LogP contribution < -0.4 is 5.32 Å². The van der Waals surface area contributed by atoms with Crippen LogP contribution in [0.25, 0.3) is 11.4 Å². The van der Waals surface area contributed by atoms with Crippen LogP contribution in [0.2, 0.25) is 0 Å². The summed E-state index contributed by atoms with van der Waals surface area (Å²) >= 11 is 1.66. The molecule has 0 radical (unpaired) electrons. The second kappa shape index (κ2) is 5.92. The number of fused-ring (bicyclic) bond motifs is 1. The number of ketones is 1. The van der Waals surface area contributed by atoms with E-state index in [1.54, 1.807) is 11.3 Å². The highest BCUT2D eigenvalue weighted by Crippen LogP contribution is 2.41. The fraction of sp³-hybridized carbons (Fsp3) is 0.250. The number of benzene rings is 1. The van der Waals surface area contributed by atoms with E-state index in [1.807, 2.05) is 28.3 Å². The largest absolute Gasteiger partial charge is 0.328 e. The highest BCUT2D eigenvalue weighted by molar-refractivity contribution is 7.10. The quantitative estimate of drug-likeness (QED) is 0.737. The fourth-order valence-electron chi connectivity index (χ4n) is 3.77. The van der Waals surface area contributed by atoms with Gasteiger partial charge in [0.05, 0.1) is 0 Å². The van der Waals surface area contributed by atoms with Gasteiger partial charge in [-0.1, -0.05) is 29.8 Å². The zero-order chi connectivity index (χ0) is 17.7. The van der Waals surface area contributed by atoms with Crippen molar-refractivity contribution in [2.75, 3.05) is 5.32 Å². The van der Waals surface area contributed by atoms with Crippen LogP contribution in [0.3, 0.4) is 0 Å². The molecule has 6 heteroatoms. The number of thiophene rings is 1. The van der Waals surface area contributed by atoms with Crippen molar-refractivity contribution in [3.63, 3.8) is 0 Å². The van der Waals surface area contributed by atoms with Crippen LogP contribution in [0.4, 0.5) is 5.95 Å². The Morgan fingerprint density at radius 1 is 1.23 bits per heavy atom. The zero-order valence-corrected chi connectivity index (χ0v) is 15.2. The number of hydrogen-bond donors (Lipinski definition) is 1. The number of aromatic nitrogens is 3. The summed E-state index contributed by atoms with van der Waals surface area (Å²) in [4.78, 5) is 18.6. The molecular weight excluding hydrogens is 344 g/mol. The highest BCUT2D eigenvalue weighted by atomic mass is 32.1. The SMILES string of the molecule is Cc1cccc(-c2nc3n(n2)C(c2cccs2)C2=C(CCCC2=O)N3)c1. The molecule has 1 N–H and O–H groups in total. The van der Waals surface area contributed by atoms with Gasteiger partial charge in [-0.25, -0.2) is 4.68 Å². The molecule has 26 heavy (non-hydrogen) atoms. The van der Waals surface area contributed by atoms with E-state index in [-0.39, 0.29) is 11.8 Å². The number of hydrogen-bond acceptors (Lipinski definition) is 5. The van der Waals surface area contributed by atoms with Crippen molar-refractivity contribution < 1.29 is 4.79 Å². The number of carbonyl (C=O) groups is 1. The Bertz CT molecular complexity index is 1030. The van der Waals surface area contributed by atoms with E-state index in [1.165, 1.54) is 5.56 Å². The third-order valence-corrected chi connectivity index (χ3v) is 5.88. The van der Waals surface area contributed by atoms with Crippen molar-refractivity contribution in [3.05, 3.63) is 63.5 Å². The maximum atomic E-state index is 12.7. The molecule has 130 valence electrons. The van der Waals surface area contributed by atoms with Gasteiger partial charge in [0.15, 0.2) is 11.6 Å². The van der Waals surface area contributed by atoms with Crippen molar-refractivity contribution in [2.24, 2.45) is 0 Å². The minimum Gasteiger partial charge on any atom is -0.328 e. The molecule has 3 aromatic rings. The van der Waals surface area contributed by atoms with Gasteiger partial charge in [0, 0.05) is 28.1 Å². The van der Waals surface area contributed by atoms with Gasteiger partial charge in [0.25, 0.3) is 0 Å². The molecule has 1 aliphatic heterocycles. The first-order valence-corrected chi connectivity index (χ1v) is 9.69. The number of Topliss-reactive ketones (excluding diaryl/α,β-unsaturated/α-hetero) is 1. The minimum atomic E-state index is -0.180. The van der Waals surface area contributed by atoms with Crippen LogP contribution >= 0.6 is 11.3 Å². The average Bonchev–Trinajstić information content (AvgIpc) is 3.30. The van der Waals surface area contributed by atoms with Gasteiger partial charge < -0.3 is 5.32 Å². The van der Waals surface area contributed by atoms with E-state index in [9.17, 15) is 4.79 Å². The molecule has 0 bridgehead atoms. The number of nitrogens with one attached hydrogen (secondary N) is 1. The summed E-state index contributed by atoms with van der Waals surface area (Å²) in [6, 6.07) is 12.1. The molecule has 0 fully saturated rings. The van der Waals surface area contributed by atoms with E-state index in [0.717, 1.165) is 34.6 Å². The molecule has 5 nitrogen and oxygen atoms in total. The average molecular weight is 362 g/mol. The number of allylic oxidation sites excluding steroid dienone is 2. The van der Waals surface area contributed by atoms with Crippen LogP contribution in [-0.2, 0) is 4.79 Å². The second-order valence-corrected chi connectivity index (χ2v) is 7.76. The topological polar surface area (TPSA) is 59.8 Å². The maximum absolute atomic E-state index is 12.7. The van der Waals surface area contributed by atoms with E-state index in [2.05, 4.69) is 30.4 Å². The predicted octanol–water partition coefficient (Wildman–Crippen LogP) is 4.34. The van der Waals surface area contributed by atoms with Crippen molar-refractivity contribution in [2.45, 2.75) is 32.2 Å². The van der Waals surface area contributed by atoms with Crippen molar-refractivity contribution in [1.82, 2.24) is 14.8 Å².